The van der Waals surface area contributed by atoms with Crippen LogP contribution in [0.1, 0.15) is 127 Å². The number of carboxylic acid groups (broad SMARTS) is 1. The first-order valence-corrected chi connectivity index (χ1v) is 18.7. The number of carbonyl (C=O) groups is 4. The standard InChI is InChI=1S/C41H58N2O6/c1-24(2)32-26(44)22-41(34(46)43-30-12-10-11-21-42-30)20-19-39(8)25(33(32)41)13-14-28-38(7)17-16-29(49-31(45)23-36(3,4)35(47)48)37(5,6)27(38)15-18-40(28,39)9/h10-12,21,24-25,27-29H,13-20,22-23H2,1-9H3,(H,47,48)(H,42,43,46)/t25-,27+,28-,29+,38+,39-,40-,41-/m1/s1. The summed E-state index contributed by atoms with van der Waals surface area (Å²) in [6.45, 7) is 19.3. The van der Waals surface area contributed by atoms with Gasteiger partial charge in [-0.2, -0.15) is 0 Å². The molecule has 4 saturated carbocycles. The zero-order valence-corrected chi connectivity index (χ0v) is 31.2. The Kier molecular flexibility index (Phi) is 8.59. The van der Waals surface area contributed by atoms with Crippen molar-refractivity contribution in [1.82, 2.24) is 4.98 Å². The summed E-state index contributed by atoms with van der Waals surface area (Å²) in [5.74, 6) is 0.155. The first-order valence-electron chi connectivity index (χ1n) is 18.7. The molecule has 2 N–H and O–H groups in total. The number of rotatable bonds is 7. The van der Waals surface area contributed by atoms with Gasteiger partial charge in [-0.25, -0.2) is 4.98 Å². The minimum atomic E-state index is -1.17. The Bertz CT molecular complexity index is 1580. The molecule has 1 heterocycles. The van der Waals surface area contributed by atoms with Crippen molar-refractivity contribution in [2.75, 3.05) is 5.32 Å². The molecule has 8 heteroatoms. The van der Waals surface area contributed by atoms with Gasteiger partial charge < -0.3 is 15.2 Å². The van der Waals surface area contributed by atoms with Gasteiger partial charge in [-0.15, -0.1) is 0 Å². The molecule has 0 aliphatic heterocycles. The fourth-order valence-electron chi connectivity index (χ4n) is 12.4. The van der Waals surface area contributed by atoms with Gasteiger partial charge in [0.25, 0.3) is 0 Å². The van der Waals surface area contributed by atoms with Gasteiger partial charge in [-0.3, -0.25) is 19.2 Å². The van der Waals surface area contributed by atoms with Crippen molar-refractivity contribution in [3.63, 3.8) is 0 Å². The zero-order valence-electron chi connectivity index (χ0n) is 31.2. The van der Waals surface area contributed by atoms with E-state index in [-0.39, 0.29) is 64.1 Å². The van der Waals surface area contributed by atoms with E-state index in [0.29, 0.717) is 24.1 Å². The van der Waals surface area contributed by atoms with Crippen LogP contribution < -0.4 is 5.32 Å². The molecule has 0 bridgehead atoms. The van der Waals surface area contributed by atoms with E-state index in [2.05, 4.69) is 58.8 Å². The Morgan fingerprint density at radius 2 is 1.67 bits per heavy atom. The number of ketones is 1. The van der Waals surface area contributed by atoms with E-state index in [9.17, 15) is 24.3 Å². The highest BCUT2D eigenvalue weighted by Gasteiger charge is 2.71. The summed E-state index contributed by atoms with van der Waals surface area (Å²) in [5.41, 5.74) is -0.264. The molecule has 5 aliphatic rings. The third-order valence-electron chi connectivity index (χ3n) is 15.1. The minimum Gasteiger partial charge on any atom is -0.481 e. The van der Waals surface area contributed by atoms with Gasteiger partial charge in [0.1, 0.15) is 11.9 Å². The lowest BCUT2D eigenvalue weighted by Crippen LogP contribution is -2.66. The molecule has 1 aromatic heterocycles. The molecule has 0 aromatic carbocycles. The number of pyridine rings is 1. The van der Waals surface area contributed by atoms with E-state index in [4.69, 9.17) is 4.74 Å². The maximum Gasteiger partial charge on any atom is 0.309 e. The number of nitrogens with one attached hydrogen (secondary N) is 1. The fourth-order valence-corrected chi connectivity index (χ4v) is 12.4. The first kappa shape index (κ1) is 35.8. The third kappa shape index (κ3) is 5.23. The summed E-state index contributed by atoms with van der Waals surface area (Å²) in [5, 5.41) is 12.7. The van der Waals surface area contributed by atoms with E-state index >= 15 is 0 Å². The van der Waals surface area contributed by atoms with Crippen molar-refractivity contribution in [2.45, 2.75) is 133 Å². The van der Waals surface area contributed by atoms with Gasteiger partial charge in [0.2, 0.25) is 5.91 Å². The topological polar surface area (TPSA) is 123 Å². The average molecular weight is 675 g/mol. The van der Waals surface area contributed by atoms with Gasteiger partial charge in [0.15, 0.2) is 5.78 Å². The largest absolute Gasteiger partial charge is 0.481 e. The number of hydrogen-bond acceptors (Lipinski definition) is 6. The smallest absolute Gasteiger partial charge is 0.309 e. The van der Waals surface area contributed by atoms with Gasteiger partial charge in [-0.05, 0) is 128 Å². The maximum atomic E-state index is 14.4. The van der Waals surface area contributed by atoms with Gasteiger partial charge in [0.05, 0.1) is 17.3 Å². The molecular weight excluding hydrogens is 616 g/mol. The first-order chi connectivity index (χ1) is 22.7. The van der Waals surface area contributed by atoms with Crippen LogP contribution in [0.3, 0.4) is 0 Å². The molecule has 8 nitrogen and oxygen atoms in total. The van der Waals surface area contributed by atoms with Crippen molar-refractivity contribution in [1.29, 1.82) is 0 Å². The number of ether oxygens (including phenoxy) is 1. The zero-order chi connectivity index (χ0) is 35.9. The Labute approximate surface area is 292 Å². The second kappa shape index (κ2) is 11.8. The quantitative estimate of drug-likeness (QED) is 0.279. The lowest BCUT2D eigenvalue weighted by molar-refractivity contribution is -0.233. The van der Waals surface area contributed by atoms with Crippen LogP contribution >= 0.6 is 0 Å². The summed E-state index contributed by atoms with van der Waals surface area (Å²) in [6, 6.07) is 5.51. The molecule has 268 valence electrons. The highest BCUT2D eigenvalue weighted by molar-refractivity contribution is 6.09. The summed E-state index contributed by atoms with van der Waals surface area (Å²) in [7, 11) is 0. The molecule has 6 rings (SSSR count). The third-order valence-corrected chi connectivity index (χ3v) is 15.1. The van der Waals surface area contributed by atoms with Crippen LogP contribution in [0.4, 0.5) is 5.82 Å². The van der Waals surface area contributed by atoms with E-state index in [1.807, 2.05) is 18.2 Å². The second-order valence-corrected chi connectivity index (χ2v) is 18.7. The number of anilines is 1. The monoisotopic (exact) mass is 674 g/mol. The summed E-state index contributed by atoms with van der Waals surface area (Å²) in [6.07, 6.45) is 8.87. The molecule has 0 unspecified atom stereocenters. The molecule has 8 atom stereocenters. The van der Waals surface area contributed by atoms with E-state index in [1.165, 1.54) is 0 Å². The molecular formula is C41H58N2O6. The highest BCUT2D eigenvalue weighted by Crippen LogP contribution is 2.76. The van der Waals surface area contributed by atoms with Gasteiger partial charge >= 0.3 is 11.9 Å². The number of allylic oxidation sites excluding steroid dienone is 1. The molecule has 1 amide bonds. The molecule has 0 spiro atoms. The van der Waals surface area contributed by atoms with Crippen LogP contribution in [0.25, 0.3) is 0 Å². The molecule has 1 aromatic rings. The Morgan fingerprint density at radius 1 is 0.959 bits per heavy atom. The Balaban J connectivity index is 1.31. The molecule has 49 heavy (non-hydrogen) atoms. The number of fused-ring (bicyclic) bond motifs is 7. The molecule has 0 saturated heterocycles. The SMILES string of the molecule is CC(C)C1=C2[C@H]3CC[C@@H]4[C@@]5(C)CC[C@H](OC(=O)CC(C)(C)C(=O)O)C(C)(C)[C@@H]5CC[C@@]4(C)[C@]3(C)CC[C@@]2(C(=O)Nc2ccccn2)CC1=O. The highest BCUT2D eigenvalue weighted by atomic mass is 16.5. The second-order valence-electron chi connectivity index (χ2n) is 18.7. The van der Waals surface area contributed by atoms with Crippen LogP contribution in [-0.2, 0) is 23.9 Å². The lowest BCUT2D eigenvalue weighted by atomic mass is 9.33. The summed E-state index contributed by atoms with van der Waals surface area (Å²) < 4.78 is 6.14. The normalized spacial score (nSPS) is 38.2. The maximum absolute atomic E-state index is 14.4. The number of nitrogens with zero attached hydrogens (tertiary/aromatic N) is 1. The van der Waals surface area contributed by atoms with E-state index < -0.39 is 22.8 Å². The molecule has 4 fully saturated rings. The molecule has 0 radical (unpaired) electrons. The number of hydrogen-bond donors (Lipinski definition) is 2. The summed E-state index contributed by atoms with van der Waals surface area (Å²) >= 11 is 0. The van der Waals surface area contributed by atoms with Crippen molar-refractivity contribution in [3.8, 4) is 0 Å². The fraction of sp³-hybridized carbons (Fsp3) is 0.732. The Hall–Kier alpha value is -3.03. The van der Waals surface area contributed by atoms with E-state index in [1.54, 1.807) is 20.0 Å². The lowest BCUT2D eigenvalue weighted by Gasteiger charge is -2.72. The van der Waals surface area contributed by atoms with Crippen LogP contribution in [0, 0.1) is 56.2 Å². The number of esters is 1. The number of carbonyl (C=O) groups excluding carboxylic acids is 3. The van der Waals surface area contributed by atoms with Crippen LogP contribution in [0.5, 0.6) is 0 Å². The van der Waals surface area contributed by atoms with Crippen molar-refractivity contribution in [2.24, 2.45) is 56.2 Å². The number of amides is 1. The Morgan fingerprint density at radius 3 is 2.31 bits per heavy atom. The van der Waals surface area contributed by atoms with Crippen molar-refractivity contribution in [3.05, 3.63) is 35.5 Å². The number of Topliss-reactive ketones (excluding diaryl/α,β-unsaturated/α-hetero) is 1. The van der Waals surface area contributed by atoms with Crippen molar-refractivity contribution < 1.29 is 29.0 Å². The van der Waals surface area contributed by atoms with Crippen molar-refractivity contribution >= 4 is 29.4 Å². The van der Waals surface area contributed by atoms with Crippen LogP contribution in [0.2, 0.25) is 0 Å². The predicted octanol–water partition coefficient (Wildman–Crippen LogP) is 8.41. The molecule has 5 aliphatic carbocycles. The minimum absolute atomic E-state index is 0.0105. The van der Waals surface area contributed by atoms with E-state index in [0.717, 1.165) is 56.1 Å². The average Bonchev–Trinajstić information content (AvgIpc) is 3.32. The summed E-state index contributed by atoms with van der Waals surface area (Å²) in [4.78, 5) is 57.4. The number of aromatic nitrogens is 1. The van der Waals surface area contributed by atoms with Crippen LogP contribution in [0.15, 0.2) is 35.5 Å². The number of carboxylic acids is 1. The number of aliphatic carboxylic acids is 1. The van der Waals surface area contributed by atoms with Crippen LogP contribution in [-0.4, -0.2) is 39.8 Å². The van der Waals surface area contributed by atoms with Gasteiger partial charge in [-0.1, -0.05) is 54.5 Å². The van der Waals surface area contributed by atoms with Gasteiger partial charge in [0, 0.05) is 18.0 Å². The predicted molar refractivity (Wildman–Crippen MR) is 188 cm³/mol.